The van der Waals surface area contributed by atoms with Crippen molar-refractivity contribution in [2.45, 2.75) is 13.8 Å². The first-order valence-corrected chi connectivity index (χ1v) is 7.23. The van der Waals surface area contributed by atoms with Crippen LogP contribution < -0.4 is 0 Å². The molecule has 0 amide bonds. The van der Waals surface area contributed by atoms with Gasteiger partial charge in [-0.05, 0) is 37.6 Å². The second-order valence-electron chi connectivity index (χ2n) is 4.83. The van der Waals surface area contributed by atoms with Gasteiger partial charge in [0.15, 0.2) is 0 Å². The molecule has 0 saturated carbocycles. The lowest BCUT2D eigenvalue weighted by molar-refractivity contribution is 0.0690. The molecule has 2 aromatic heterocycles. The van der Waals surface area contributed by atoms with E-state index in [0.717, 1.165) is 33.9 Å². The van der Waals surface area contributed by atoms with Gasteiger partial charge in [-0.3, -0.25) is 0 Å². The summed E-state index contributed by atoms with van der Waals surface area (Å²) in [5, 5.41) is 9.04. The highest BCUT2D eigenvalue weighted by Gasteiger charge is 2.07. The third-order valence-electron chi connectivity index (χ3n) is 3.13. The van der Waals surface area contributed by atoms with E-state index in [1.807, 2.05) is 19.1 Å². The lowest BCUT2D eigenvalue weighted by Crippen LogP contribution is -2.02. The molecular formula is C16H11N3O2S. The van der Waals surface area contributed by atoms with E-state index in [1.54, 1.807) is 13.0 Å². The number of hydrogen-bond acceptors (Lipinski definition) is 5. The van der Waals surface area contributed by atoms with Crippen LogP contribution in [-0.4, -0.2) is 24.8 Å². The Balaban J connectivity index is 2.07. The molecule has 0 aliphatic rings. The van der Waals surface area contributed by atoms with Crippen LogP contribution in [0, 0.1) is 25.7 Å². The van der Waals surface area contributed by atoms with Crippen LogP contribution in [0.4, 0.5) is 0 Å². The molecule has 3 rings (SSSR count). The Hall–Kier alpha value is -2.78. The van der Waals surface area contributed by atoms with Crippen molar-refractivity contribution in [1.82, 2.24) is 13.7 Å². The smallest absolute Gasteiger partial charge is 0.354 e. The number of aromatic carboxylic acids is 1. The second kappa shape index (κ2) is 5.54. The first-order valence-electron chi connectivity index (χ1n) is 6.50. The molecule has 108 valence electrons. The average molecular weight is 309 g/mol. The fourth-order valence-corrected chi connectivity index (χ4v) is 2.70. The third-order valence-corrected chi connectivity index (χ3v) is 3.66. The van der Waals surface area contributed by atoms with Gasteiger partial charge in [0.1, 0.15) is 16.7 Å². The summed E-state index contributed by atoms with van der Waals surface area (Å²) in [6.07, 6.45) is 0. The fourth-order valence-electron chi connectivity index (χ4n) is 2.08. The number of carboxylic acids is 1. The van der Waals surface area contributed by atoms with Gasteiger partial charge in [-0.1, -0.05) is 17.9 Å². The van der Waals surface area contributed by atoms with E-state index in [9.17, 15) is 4.79 Å². The number of fused-ring (bicyclic) bond motifs is 1. The van der Waals surface area contributed by atoms with E-state index in [1.165, 1.54) is 6.07 Å². The zero-order valence-corrected chi connectivity index (χ0v) is 12.7. The van der Waals surface area contributed by atoms with Gasteiger partial charge in [-0.25, -0.2) is 9.78 Å². The van der Waals surface area contributed by atoms with Crippen molar-refractivity contribution in [3.63, 3.8) is 0 Å². The Kier molecular flexibility index (Phi) is 3.57. The van der Waals surface area contributed by atoms with Gasteiger partial charge >= 0.3 is 5.97 Å². The number of benzene rings is 1. The molecule has 0 fully saturated rings. The third kappa shape index (κ3) is 2.67. The van der Waals surface area contributed by atoms with E-state index in [4.69, 9.17) is 5.11 Å². The predicted molar refractivity (Wildman–Crippen MR) is 84.1 cm³/mol. The Bertz CT molecular complexity index is 951. The van der Waals surface area contributed by atoms with Crippen LogP contribution in [0.2, 0.25) is 0 Å². The summed E-state index contributed by atoms with van der Waals surface area (Å²) in [4.78, 5) is 15.0. The maximum absolute atomic E-state index is 11.0. The molecule has 22 heavy (non-hydrogen) atoms. The number of nitrogens with zero attached hydrogens (tertiary/aromatic N) is 3. The van der Waals surface area contributed by atoms with E-state index < -0.39 is 5.97 Å². The zero-order chi connectivity index (χ0) is 15.7. The summed E-state index contributed by atoms with van der Waals surface area (Å²) in [5.74, 6) is 4.96. The van der Waals surface area contributed by atoms with Crippen LogP contribution in [0.15, 0.2) is 24.3 Å². The van der Waals surface area contributed by atoms with Crippen LogP contribution in [0.5, 0.6) is 0 Å². The van der Waals surface area contributed by atoms with Crippen LogP contribution in [-0.2, 0) is 0 Å². The summed E-state index contributed by atoms with van der Waals surface area (Å²) in [6, 6.07) is 7.07. The number of aryl methyl sites for hydroxylation is 2. The normalized spacial score (nSPS) is 10.3. The van der Waals surface area contributed by atoms with Crippen molar-refractivity contribution in [3.05, 3.63) is 52.3 Å². The SMILES string of the molecule is Cc1cc(C#Cc2ccc(C)c3nsnc23)cc(C(=O)O)n1. The van der Waals surface area contributed by atoms with Gasteiger partial charge in [0.2, 0.25) is 0 Å². The van der Waals surface area contributed by atoms with Gasteiger partial charge < -0.3 is 5.11 Å². The van der Waals surface area contributed by atoms with Crippen molar-refractivity contribution in [2.75, 3.05) is 0 Å². The van der Waals surface area contributed by atoms with E-state index in [-0.39, 0.29) is 5.69 Å². The van der Waals surface area contributed by atoms with Gasteiger partial charge in [0.25, 0.3) is 0 Å². The molecule has 5 nitrogen and oxygen atoms in total. The Labute approximate surface area is 131 Å². The molecule has 0 atom stereocenters. The van der Waals surface area contributed by atoms with Gasteiger partial charge in [-0.15, -0.1) is 0 Å². The van der Waals surface area contributed by atoms with Gasteiger partial charge in [0.05, 0.1) is 17.3 Å². The number of aromatic nitrogens is 3. The summed E-state index contributed by atoms with van der Waals surface area (Å²) < 4.78 is 8.54. The average Bonchev–Trinajstić information content (AvgIpc) is 2.96. The molecule has 0 radical (unpaired) electrons. The molecule has 6 heteroatoms. The molecule has 0 saturated heterocycles. The summed E-state index contributed by atoms with van der Waals surface area (Å²) in [7, 11) is 0. The largest absolute Gasteiger partial charge is 0.477 e. The highest BCUT2D eigenvalue weighted by atomic mass is 32.1. The van der Waals surface area contributed by atoms with Gasteiger partial charge in [0, 0.05) is 11.3 Å². The van der Waals surface area contributed by atoms with Crippen molar-refractivity contribution >= 4 is 28.7 Å². The Morgan fingerprint density at radius 2 is 1.91 bits per heavy atom. The van der Waals surface area contributed by atoms with Crippen LogP contribution in [0.3, 0.4) is 0 Å². The minimum atomic E-state index is -1.06. The highest BCUT2D eigenvalue weighted by Crippen LogP contribution is 2.19. The molecule has 2 heterocycles. The predicted octanol–water partition coefficient (Wildman–Crippen LogP) is 2.80. The van der Waals surface area contributed by atoms with Gasteiger partial charge in [-0.2, -0.15) is 8.75 Å². The molecule has 0 aliphatic heterocycles. The highest BCUT2D eigenvalue weighted by molar-refractivity contribution is 7.00. The zero-order valence-electron chi connectivity index (χ0n) is 11.9. The topological polar surface area (TPSA) is 76.0 Å². The van der Waals surface area contributed by atoms with Crippen molar-refractivity contribution in [1.29, 1.82) is 0 Å². The Morgan fingerprint density at radius 3 is 2.68 bits per heavy atom. The number of pyridine rings is 1. The van der Waals surface area contributed by atoms with E-state index in [0.29, 0.717) is 11.3 Å². The first kappa shape index (κ1) is 14.2. The molecule has 0 spiro atoms. The van der Waals surface area contributed by atoms with E-state index >= 15 is 0 Å². The molecule has 1 N–H and O–H groups in total. The number of hydrogen-bond donors (Lipinski definition) is 1. The summed E-state index contributed by atoms with van der Waals surface area (Å²) >= 11 is 1.16. The summed E-state index contributed by atoms with van der Waals surface area (Å²) in [6.45, 7) is 3.72. The Morgan fingerprint density at radius 1 is 1.14 bits per heavy atom. The monoisotopic (exact) mass is 309 g/mol. The minimum absolute atomic E-state index is 0.00585. The lowest BCUT2D eigenvalue weighted by atomic mass is 10.1. The van der Waals surface area contributed by atoms with E-state index in [2.05, 4.69) is 25.6 Å². The maximum Gasteiger partial charge on any atom is 0.354 e. The quantitative estimate of drug-likeness (QED) is 0.700. The summed E-state index contributed by atoms with van der Waals surface area (Å²) in [5.41, 5.74) is 4.70. The van der Waals surface area contributed by atoms with Crippen molar-refractivity contribution in [3.8, 4) is 11.8 Å². The maximum atomic E-state index is 11.0. The fraction of sp³-hybridized carbons (Fsp3) is 0.125. The number of carboxylic acid groups (broad SMARTS) is 1. The van der Waals surface area contributed by atoms with Crippen molar-refractivity contribution in [2.24, 2.45) is 0 Å². The molecule has 3 aromatic rings. The standard InChI is InChI=1S/C16H11N3O2S/c1-9-3-5-12(15-14(9)18-22-19-15)6-4-11-7-10(2)17-13(8-11)16(20)21/h3,5,7-8H,1-2H3,(H,20,21). The molecule has 0 unspecified atom stereocenters. The van der Waals surface area contributed by atoms with Crippen molar-refractivity contribution < 1.29 is 9.90 Å². The molecule has 1 aromatic carbocycles. The number of rotatable bonds is 1. The lowest BCUT2D eigenvalue weighted by Gasteiger charge is -1.98. The molecule has 0 aliphatic carbocycles. The van der Waals surface area contributed by atoms with Crippen LogP contribution in [0.25, 0.3) is 11.0 Å². The number of carbonyl (C=O) groups is 1. The second-order valence-corrected chi connectivity index (χ2v) is 5.36. The van der Waals surface area contributed by atoms with Crippen LogP contribution >= 0.6 is 11.7 Å². The van der Waals surface area contributed by atoms with Crippen LogP contribution in [0.1, 0.15) is 32.9 Å². The molecular weight excluding hydrogens is 298 g/mol. The minimum Gasteiger partial charge on any atom is -0.477 e. The molecule has 0 bridgehead atoms. The first-order chi connectivity index (χ1) is 10.5.